The minimum absolute atomic E-state index is 0.204. The molecule has 0 fully saturated rings. The number of hydrogen-bond donors (Lipinski definition) is 2. The van der Waals surface area contributed by atoms with Crippen LogP contribution >= 0.6 is 0 Å². The zero-order valence-corrected chi connectivity index (χ0v) is 10.9. The van der Waals surface area contributed by atoms with Crippen molar-refractivity contribution in [3.63, 3.8) is 0 Å². The zero-order chi connectivity index (χ0) is 13.7. The first kappa shape index (κ1) is 13.2. The van der Waals surface area contributed by atoms with Gasteiger partial charge >= 0.3 is 0 Å². The molecule has 1 amide bonds. The van der Waals surface area contributed by atoms with Crippen molar-refractivity contribution in [1.29, 1.82) is 0 Å². The Hall–Kier alpha value is -2.20. The second kappa shape index (κ2) is 6.11. The van der Waals surface area contributed by atoms with Crippen LogP contribution in [0.4, 0.5) is 5.69 Å². The van der Waals surface area contributed by atoms with Crippen LogP contribution in [-0.4, -0.2) is 10.9 Å². The van der Waals surface area contributed by atoms with Crippen LogP contribution in [-0.2, 0) is 13.0 Å². The van der Waals surface area contributed by atoms with Crippen molar-refractivity contribution in [2.45, 2.75) is 19.9 Å². The summed E-state index contributed by atoms with van der Waals surface area (Å²) in [5, 5.41) is 2.88. The van der Waals surface area contributed by atoms with E-state index in [4.69, 9.17) is 5.73 Å². The molecule has 2 aromatic rings. The molecule has 1 heterocycles. The van der Waals surface area contributed by atoms with E-state index >= 15 is 0 Å². The van der Waals surface area contributed by atoms with Gasteiger partial charge in [0, 0.05) is 18.4 Å². The van der Waals surface area contributed by atoms with E-state index in [0.717, 1.165) is 23.2 Å². The second-order valence-corrected chi connectivity index (χ2v) is 4.22. The summed E-state index contributed by atoms with van der Waals surface area (Å²) >= 11 is 0. The molecular weight excluding hydrogens is 238 g/mol. The van der Waals surface area contributed by atoms with Crippen molar-refractivity contribution >= 4 is 11.6 Å². The second-order valence-electron chi connectivity index (χ2n) is 4.22. The molecule has 98 valence electrons. The molecule has 0 aliphatic carbocycles. The third-order valence-electron chi connectivity index (χ3n) is 2.94. The Morgan fingerprint density at radius 3 is 2.68 bits per heavy atom. The van der Waals surface area contributed by atoms with Crippen molar-refractivity contribution in [3.8, 4) is 0 Å². The Kier molecular flexibility index (Phi) is 4.26. The fourth-order valence-corrected chi connectivity index (χ4v) is 1.82. The number of benzene rings is 1. The van der Waals surface area contributed by atoms with E-state index < -0.39 is 0 Å². The molecule has 4 heteroatoms. The first-order valence-electron chi connectivity index (χ1n) is 6.29. The molecule has 0 atom stereocenters. The Morgan fingerprint density at radius 1 is 1.26 bits per heavy atom. The highest BCUT2D eigenvalue weighted by Crippen LogP contribution is 2.16. The number of rotatable bonds is 4. The SMILES string of the molecule is CCc1ccccc1NC(=O)c1ccc(CN)cn1. The molecule has 0 unspecified atom stereocenters. The summed E-state index contributed by atoms with van der Waals surface area (Å²) in [6.45, 7) is 2.48. The van der Waals surface area contributed by atoms with Gasteiger partial charge in [0.2, 0.25) is 0 Å². The highest BCUT2D eigenvalue weighted by molar-refractivity contribution is 6.03. The van der Waals surface area contributed by atoms with Gasteiger partial charge in [-0.05, 0) is 29.7 Å². The first-order valence-corrected chi connectivity index (χ1v) is 6.29. The van der Waals surface area contributed by atoms with Crippen molar-refractivity contribution in [2.75, 3.05) is 5.32 Å². The summed E-state index contributed by atoms with van der Waals surface area (Å²) in [6.07, 6.45) is 2.50. The number of nitrogens with zero attached hydrogens (tertiary/aromatic N) is 1. The Balaban J connectivity index is 2.16. The molecule has 4 nitrogen and oxygen atoms in total. The van der Waals surface area contributed by atoms with Gasteiger partial charge in [0.25, 0.3) is 5.91 Å². The molecule has 3 N–H and O–H groups in total. The van der Waals surface area contributed by atoms with Crippen molar-refractivity contribution in [2.24, 2.45) is 5.73 Å². The Morgan fingerprint density at radius 2 is 2.05 bits per heavy atom. The Labute approximate surface area is 112 Å². The van der Waals surface area contributed by atoms with Crippen molar-refractivity contribution < 1.29 is 4.79 Å². The fraction of sp³-hybridized carbons (Fsp3) is 0.200. The predicted molar refractivity (Wildman–Crippen MR) is 75.9 cm³/mol. The lowest BCUT2D eigenvalue weighted by molar-refractivity contribution is 0.102. The van der Waals surface area contributed by atoms with Crippen LogP contribution < -0.4 is 11.1 Å². The minimum Gasteiger partial charge on any atom is -0.326 e. The van der Waals surface area contributed by atoms with Gasteiger partial charge < -0.3 is 11.1 Å². The minimum atomic E-state index is -0.204. The first-order chi connectivity index (χ1) is 9.24. The van der Waals surface area contributed by atoms with Gasteiger partial charge in [0.1, 0.15) is 5.69 Å². The molecule has 2 rings (SSSR count). The van der Waals surface area contributed by atoms with Gasteiger partial charge in [0.05, 0.1) is 0 Å². The van der Waals surface area contributed by atoms with Crippen molar-refractivity contribution in [1.82, 2.24) is 4.98 Å². The van der Waals surface area contributed by atoms with E-state index in [-0.39, 0.29) is 5.91 Å². The highest BCUT2D eigenvalue weighted by Gasteiger charge is 2.09. The van der Waals surface area contributed by atoms with E-state index in [1.807, 2.05) is 30.3 Å². The lowest BCUT2D eigenvalue weighted by Gasteiger charge is -2.09. The maximum absolute atomic E-state index is 12.1. The quantitative estimate of drug-likeness (QED) is 0.881. The lowest BCUT2D eigenvalue weighted by Crippen LogP contribution is -2.15. The number of aryl methyl sites for hydroxylation is 1. The van der Waals surface area contributed by atoms with Crippen LogP contribution in [0.5, 0.6) is 0 Å². The number of amides is 1. The van der Waals surface area contributed by atoms with E-state index in [1.165, 1.54) is 0 Å². The smallest absolute Gasteiger partial charge is 0.274 e. The van der Waals surface area contributed by atoms with Gasteiger partial charge in [-0.3, -0.25) is 9.78 Å². The van der Waals surface area contributed by atoms with Gasteiger partial charge in [-0.2, -0.15) is 0 Å². The number of carbonyl (C=O) groups excluding carboxylic acids is 1. The average molecular weight is 255 g/mol. The number of carbonyl (C=O) groups is 1. The van der Waals surface area contributed by atoms with E-state index in [0.29, 0.717) is 12.2 Å². The molecule has 0 aliphatic heterocycles. The van der Waals surface area contributed by atoms with E-state index in [9.17, 15) is 4.79 Å². The summed E-state index contributed by atoms with van der Waals surface area (Å²) in [4.78, 5) is 16.2. The fourth-order valence-electron chi connectivity index (χ4n) is 1.82. The van der Waals surface area contributed by atoms with Gasteiger partial charge in [0.15, 0.2) is 0 Å². The third kappa shape index (κ3) is 3.17. The monoisotopic (exact) mass is 255 g/mol. The third-order valence-corrected chi connectivity index (χ3v) is 2.94. The summed E-state index contributed by atoms with van der Waals surface area (Å²) in [5.41, 5.74) is 8.74. The lowest BCUT2D eigenvalue weighted by atomic mass is 10.1. The van der Waals surface area contributed by atoms with Crippen LogP contribution in [0.3, 0.4) is 0 Å². The number of nitrogens with one attached hydrogen (secondary N) is 1. The predicted octanol–water partition coefficient (Wildman–Crippen LogP) is 2.35. The summed E-state index contributed by atoms with van der Waals surface area (Å²) in [5.74, 6) is -0.204. The average Bonchev–Trinajstić information content (AvgIpc) is 2.48. The molecule has 0 spiro atoms. The maximum atomic E-state index is 12.1. The van der Waals surface area contributed by atoms with Crippen LogP contribution in [0.25, 0.3) is 0 Å². The molecule has 0 saturated heterocycles. The number of nitrogens with two attached hydrogens (primary N) is 1. The van der Waals surface area contributed by atoms with Crippen LogP contribution in [0.1, 0.15) is 28.5 Å². The highest BCUT2D eigenvalue weighted by atomic mass is 16.1. The standard InChI is InChI=1S/C15H17N3O/c1-2-12-5-3-4-6-13(12)18-15(19)14-8-7-11(9-16)10-17-14/h3-8,10H,2,9,16H2,1H3,(H,18,19). The molecule has 19 heavy (non-hydrogen) atoms. The molecule has 0 bridgehead atoms. The zero-order valence-electron chi connectivity index (χ0n) is 10.9. The van der Waals surface area contributed by atoms with Crippen LogP contribution in [0.2, 0.25) is 0 Å². The molecule has 0 aliphatic rings. The number of para-hydroxylation sites is 1. The molecule has 1 aromatic heterocycles. The van der Waals surface area contributed by atoms with Crippen molar-refractivity contribution in [3.05, 3.63) is 59.4 Å². The van der Waals surface area contributed by atoms with Gasteiger partial charge in [-0.25, -0.2) is 0 Å². The van der Waals surface area contributed by atoms with Gasteiger partial charge in [-0.1, -0.05) is 31.2 Å². The summed E-state index contributed by atoms with van der Waals surface area (Å²) in [6, 6.07) is 11.3. The maximum Gasteiger partial charge on any atom is 0.274 e. The van der Waals surface area contributed by atoms with Crippen LogP contribution in [0.15, 0.2) is 42.6 Å². The summed E-state index contributed by atoms with van der Waals surface area (Å²) in [7, 11) is 0. The van der Waals surface area contributed by atoms with E-state index in [1.54, 1.807) is 12.3 Å². The number of aromatic nitrogens is 1. The topological polar surface area (TPSA) is 68.0 Å². The largest absolute Gasteiger partial charge is 0.326 e. The Bertz CT molecular complexity index is 564. The molecule has 1 aromatic carbocycles. The molecule has 0 saturated carbocycles. The van der Waals surface area contributed by atoms with E-state index in [2.05, 4.69) is 17.2 Å². The number of pyridine rings is 1. The molecule has 0 radical (unpaired) electrons. The van der Waals surface area contributed by atoms with Crippen LogP contribution in [0, 0.1) is 0 Å². The normalized spacial score (nSPS) is 10.2. The number of anilines is 1. The number of hydrogen-bond acceptors (Lipinski definition) is 3. The molecular formula is C15H17N3O. The van der Waals surface area contributed by atoms with Gasteiger partial charge in [-0.15, -0.1) is 0 Å². The summed E-state index contributed by atoms with van der Waals surface area (Å²) < 4.78 is 0.